The summed E-state index contributed by atoms with van der Waals surface area (Å²) < 4.78 is 3.89. The van der Waals surface area contributed by atoms with E-state index in [0.717, 1.165) is 7.37 Å². The molecular weight excluding hydrogens is 69.7 g/mol. The fourth-order valence-corrected chi connectivity index (χ4v) is 0. The summed E-state index contributed by atoms with van der Waals surface area (Å²) in [5, 5.41) is 0. The molecular formula is HB2OS. The molecule has 0 fully saturated rings. The van der Waals surface area contributed by atoms with Crippen molar-refractivity contribution < 1.29 is 4.10 Å². The van der Waals surface area contributed by atoms with Gasteiger partial charge >= 0.3 is 0 Å². The fourth-order valence-electron chi connectivity index (χ4n) is 0. The molecule has 3 radical (unpaired) electrons. The lowest BCUT2D eigenvalue weighted by molar-refractivity contribution is 0.732. The molecule has 0 aromatic heterocycles. The Kier molecular flexibility index (Phi) is 3.82. The maximum absolute atomic E-state index is 4.60. The molecule has 0 saturated carbocycles. The first-order chi connectivity index (χ1) is 1.91. The number of thiol groups is 1. The lowest BCUT2D eigenvalue weighted by atomic mass is 9.73. The van der Waals surface area contributed by atoms with Gasteiger partial charge in [0, 0.05) is 0 Å². The maximum Gasteiger partial charge on any atom is 0.250 e. The average molecular weight is 70.7 g/mol. The number of hydrogen-bond acceptors (Lipinski definition) is 2. The van der Waals surface area contributed by atoms with Crippen LogP contribution in [0.2, 0.25) is 0 Å². The molecule has 0 aromatic rings. The smallest absolute Gasteiger partial charge is 0.250 e. The summed E-state index contributed by atoms with van der Waals surface area (Å²) in [6.07, 6.45) is 0. The van der Waals surface area contributed by atoms with Crippen LogP contribution in [0.5, 0.6) is 0 Å². The van der Waals surface area contributed by atoms with Crippen LogP contribution in [-0.2, 0) is 4.10 Å². The molecule has 0 aromatic carbocycles. The Hall–Kier alpha value is 0.440. The van der Waals surface area contributed by atoms with Crippen LogP contribution < -0.4 is 0 Å². The maximum atomic E-state index is 4.60. The second-order valence-corrected chi connectivity index (χ2v) is 0.452. The summed E-state index contributed by atoms with van der Waals surface area (Å²) in [7, 11) is 5.59. The Morgan fingerprint density at radius 3 is 2.25 bits per heavy atom. The molecule has 0 N–H and O–H groups in total. The third-order valence-corrected chi connectivity index (χ3v) is 0.183. The molecule has 0 spiro atoms. The van der Waals surface area contributed by atoms with E-state index in [4.69, 9.17) is 0 Å². The van der Waals surface area contributed by atoms with Crippen molar-refractivity contribution in [2.24, 2.45) is 0 Å². The molecule has 0 amide bonds. The molecule has 0 atom stereocenters. The summed E-state index contributed by atoms with van der Waals surface area (Å²) in [4.78, 5) is 0. The highest BCUT2D eigenvalue weighted by Gasteiger charge is 1.61. The Labute approximate surface area is 33.0 Å². The lowest BCUT2D eigenvalue weighted by Gasteiger charge is -1.71. The quantitative estimate of drug-likeness (QED) is 0.250. The van der Waals surface area contributed by atoms with Crippen LogP contribution in [0.4, 0.5) is 0 Å². The summed E-state index contributed by atoms with van der Waals surface area (Å²) in [6.45, 7) is 0. The topological polar surface area (TPSA) is 9.23 Å². The molecule has 1 nitrogen and oxygen atoms in total. The molecule has 0 aliphatic carbocycles. The second kappa shape index (κ2) is 3.44. The van der Waals surface area contributed by atoms with Crippen molar-refractivity contribution in [2.45, 2.75) is 0 Å². The van der Waals surface area contributed by atoms with Crippen molar-refractivity contribution >= 4 is 28.0 Å². The van der Waals surface area contributed by atoms with E-state index in [-0.39, 0.29) is 0 Å². The standard InChI is InChI=1S/B2HOS/c1-2-3-4/h4H. The van der Waals surface area contributed by atoms with E-state index in [1.165, 1.54) is 0 Å². The Morgan fingerprint density at radius 2 is 2.25 bits per heavy atom. The van der Waals surface area contributed by atoms with Crippen LogP contribution >= 0.6 is 12.9 Å². The van der Waals surface area contributed by atoms with Crippen LogP contribution in [-0.4, -0.2) is 15.1 Å². The Morgan fingerprint density at radius 1 is 2.00 bits per heavy atom. The van der Waals surface area contributed by atoms with Crippen molar-refractivity contribution in [1.82, 2.24) is 0 Å². The van der Waals surface area contributed by atoms with Crippen LogP contribution in [0.25, 0.3) is 0 Å². The molecule has 4 heteroatoms. The summed E-state index contributed by atoms with van der Waals surface area (Å²) in [5.74, 6) is 0. The molecule has 0 saturated heterocycles. The third kappa shape index (κ3) is 2.44. The highest BCUT2D eigenvalue weighted by Crippen LogP contribution is 1.62. The predicted molar refractivity (Wildman–Crippen MR) is 21.6 cm³/mol. The first-order valence-corrected chi connectivity index (χ1v) is 1.12. The monoisotopic (exact) mass is 71.0 g/mol. The van der Waals surface area contributed by atoms with Crippen LogP contribution in [0.1, 0.15) is 0 Å². The van der Waals surface area contributed by atoms with E-state index >= 15 is 0 Å². The van der Waals surface area contributed by atoms with Crippen LogP contribution in [0.15, 0.2) is 0 Å². The average Bonchev–Trinajstić information content (AvgIpc) is 1.37. The van der Waals surface area contributed by atoms with Crippen molar-refractivity contribution in [3.05, 3.63) is 0 Å². The highest BCUT2D eigenvalue weighted by molar-refractivity contribution is 7.76. The SMILES string of the molecule is [B][B]OS. The molecule has 0 aliphatic heterocycles. The van der Waals surface area contributed by atoms with E-state index in [1.807, 2.05) is 0 Å². The number of hydrogen-bond donors (Lipinski definition) is 1. The van der Waals surface area contributed by atoms with Crippen molar-refractivity contribution in [3.63, 3.8) is 0 Å². The van der Waals surface area contributed by atoms with Gasteiger partial charge in [0.05, 0.1) is 7.74 Å². The number of rotatable bonds is 1. The Bertz CT molecular complexity index is 8.00. The molecule has 4 heavy (non-hydrogen) atoms. The van der Waals surface area contributed by atoms with Crippen molar-refractivity contribution in [3.8, 4) is 0 Å². The normalized spacial score (nSPS) is 6.25. The predicted octanol–water partition coefficient (Wildman–Crippen LogP) is -0.450. The summed E-state index contributed by atoms with van der Waals surface area (Å²) in [6, 6.07) is 0. The van der Waals surface area contributed by atoms with Gasteiger partial charge in [-0.1, -0.05) is 0 Å². The minimum Gasteiger partial charge on any atom is -0.397 e. The van der Waals surface area contributed by atoms with E-state index in [0.29, 0.717) is 0 Å². The van der Waals surface area contributed by atoms with E-state index in [9.17, 15) is 0 Å². The molecule has 19 valence electrons. The van der Waals surface area contributed by atoms with E-state index < -0.39 is 0 Å². The van der Waals surface area contributed by atoms with Gasteiger partial charge in [-0.05, 0) is 12.9 Å². The van der Waals surface area contributed by atoms with Gasteiger partial charge in [-0.3, -0.25) is 0 Å². The van der Waals surface area contributed by atoms with Gasteiger partial charge in [0.1, 0.15) is 0 Å². The third-order valence-electron chi connectivity index (χ3n) is 0.0609. The zero-order valence-corrected chi connectivity index (χ0v) is 2.90. The zero-order chi connectivity index (χ0) is 3.41. The molecule has 0 bridgehead atoms. The van der Waals surface area contributed by atoms with Gasteiger partial charge < -0.3 is 4.10 Å². The summed E-state index contributed by atoms with van der Waals surface area (Å²) >= 11 is 3.24. The minimum atomic E-state index is 0.989. The molecule has 0 unspecified atom stereocenters. The van der Waals surface area contributed by atoms with Gasteiger partial charge in [0.15, 0.2) is 0 Å². The van der Waals surface area contributed by atoms with Crippen LogP contribution in [0.3, 0.4) is 0 Å². The fraction of sp³-hybridized carbons (Fsp3) is 0. The second-order valence-electron chi connectivity index (χ2n) is 0.241. The van der Waals surface area contributed by atoms with Gasteiger partial charge in [0.2, 0.25) is 0 Å². The molecule has 0 heterocycles. The van der Waals surface area contributed by atoms with E-state index in [2.05, 4.69) is 24.7 Å². The van der Waals surface area contributed by atoms with Crippen molar-refractivity contribution in [2.75, 3.05) is 0 Å². The molecule has 0 aliphatic rings. The minimum absolute atomic E-state index is 0.989. The first-order valence-electron chi connectivity index (χ1n) is 0.752. The van der Waals surface area contributed by atoms with Gasteiger partial charge in [-0.2, -0.15) is 0 Å². The molecule has 0 rings (SSSR count). The van der Waals surface area contributed by atoms with Crippen LogP contribution in [0, 0.1) is 0 Å². The van der Waals surface area contributed by atoms with Gasteiger partial charge in [0.25, 0.3) is 7.37 Å². The highest BCUT2D eigenvalue weighted by atomic mass is 32.1. The van der Waals surface area contributed by atoms with Crippen molar-refractivity contribution in [1.29, 1.82) is 0 Å². The Balaban J connectivity index is 1.97. The van der Waals surface area contributed by atoms with Gasteiger partial charge in [-0.15, -0.1) is 0 Å². The van der Waals surface area contributed by atoms with E-state index in [1.54, 1.807) is 0 Å². The zero-order valence-electron chi connectivity index (χ0n) is 2.01. The largest absolute Gasteiger partial charge is 0.397 e. The van der Waals surface area contributed by atoms with Gasteiger partial charge in [-0.25, -0.2) is 0 Å². The summed E-state index contributed by atoms with van der Waals surface area (Å²) in [5.41, 5.74) is 0. The first kappa shape index (κ1) is 4.44. The lowest BCUT2D eigenvalue weighted by Crippen LogP contribution is -1.82.